The van der Waals surface area contributed by atoms with E-state index in [2.05, 4.69) is 5.32 Å². The van der Waals surface area contributed by atoms with Gasteiger partial charge in [0.2, 0.25) is 11.8 Å². The van der Waals surface area contributed by atoms with Crippen molar-refractivity contribution >= 4 is 17.5 Å². The van der Waals surface area contributed by atoms with Gasteiger partial charge in [0.25, 0.3) is 0 Å². The van der Waals surface area contributed by atoms with Crippen LogP contribution in [0.5, 0.6) is 0 Å². The summed E-state index contributed by atoms with van der Waals surface area (Å²) in [5.74, 6) is -0.194. The van der Waals surface area contributed by atoms with E-state index in [9.17, 15) is 9.59 Å². The minimum absolute atomic E-state index is 0.0396. The molecule has 0 radical (unpaired) electrons. The molecule has 6 nitrogen and oxygen atoms in total. The number of amides is 2. The summed E-state index contributed by atoms with van der Waals surface area (Å²) in [5, 5.41) is 2.84. The maximum Gasteiger partial charge on any atom is 0.241 e. The molecule has 0 aliphatic carbocycles. The molecule has 1 aromatic carbocycles. The number of benzene rings is 1. The monoisotopic (exact) mass is 292 g/mol. The van der Waals surface area contributed by atoms with Gasteiger partial charge in [-0.25, -0.2) is 0 Å². The van der Waals surface area contributed by atoms with Crippen molar-refractivity contribution in [2.75, 3.05) is 33.0 Å². The Balaban J connectivity index is 2.63. The van der Waals surface area contributed by atoms with E-state index in [-0.39, 0.29) is 18.4 Å². The summed E-state index contributed by atoms with van der Waals surface area (Å²) in [7, 11) is 5.14. The Morgan fingerprint density at radius 3 is 2.52 bits per heavy atom. The Kier molecular flexibility index (Phi) is 6.33. The van der Waals surface area contributed by atoms with Crippen molar-refractivity contribution in [2.45, 2.75) is 19.5 Å². The minimum Gasteiger partial charge on any atom is -0.348 e. The summed E-state index contributed by atoms with van der Waals surface area (Å²) in [6.45, 7) is 2.39. The van der Waals surface area contributed by atoms with Gasteiger partial charge in [0.05, 0.1) is 12.6 Å². The third kappa shape index (κ3) is 5.17. The van der Waals surface area contributed by atoms with Crippen LogP contribution in [0.15, 0.2) is 24.3 Å². The second-order valence-corrected chi connectivity index (χ2v) is 5.27. The highest BCUT2D eigenvalue weighted by atomic mass is 16.2. The molecule has 0 saturated carbocycles. The lowest BCUT2D eigenvalue weighted by Gasteiger charge is -2.24. The number of hydrogen-bond acceptors (Lipinski definition) is 4. The van der Waals surface area contributed by atoms with Crippen LogP contribution >= 0.6 is 0 Å². The van der Waals surface area contributed by atoms with Crippen molar-refractivity contribution in [3.8, 4) is 0 Å². The van der Waals surface area contributed by atoms with Crippen molar-refractivity contribution in [2.24, 2.45) is 5.73 Å². The molecule has 0 fully saturated rings. The summed E-state index contributed by atoms with van der Waals surface area (Å²) < 4.78 is 0. The second kappa shape index (κ2) is 7.75. The number of nitrogens with one attached hydrogen (secondary N) is 1. The summed E-state index contributed by atoms with van der Waals surface area (Å²) in [6, 6.07) is 7.00. The first kappa shape index (κ1) is 17.1. The van der Waals surface area contributed by atoms with Crippen LogP contribution in [-0.2, 0) is 16.1 Å². The van der Waals surface area contributed by atoms with Crippen molar-refractivity contribution in [3.63, 3.8) is 0 Å². The number of nitrogens with two attached hydrogens (primary N) is 1. The Hall–Kier alpha value is -1.92. The number of nitrogens with zero attached hydrogens (tertiary/aromatic N) is 2. The molecular formula is C15H24N4O2. The van der Waals surface area contributed by atoms with Crippen molar-refractivity contribution in [3.05, 3.63) is 29.8 Å². The van der Waals surface area contributed by atoms with Gasteiger partial charge in [-0.2, -0.15) is 0 Å². The Labute approximate surface area is 125 Å². The van der Waals surface area contributed by atoms with Gasteiger partial charge >= 0.3 is 0 Å². The molecule has 0 aromatic heterocycles. The zero-order chi connectivity index (χ0) is 16.0. The maximum atomic E-state index is 12.2. The Morgan fingerprint density at radius 2 is 1.95 bits per heavy atom. The standard InChI is InChI=1S/C15H24N4O2/c1-11(19(4)10-14(20)18(2)3)15(21)17-13-7-5-6-12(8-13)9-16/h5-8,11H,9-10,16H2,1-4H3,(H,17,21). The average Bonchev–Trinajstić information content (AvgIpc) is 2.46. The van der Waals surface area contributed by atoms with E-state index >= 15 is 0 Å². The van der Waals surface area contributed by atoms with Crippen LogP contribution in [0, 0.1) is 0 Å². The average molecular weight is 292 g/mol. The summed E-state index contributed by atoms with van der Waals surface area (Å²) in [5.41, 5.74) is 7.24. The molecule has 0 heterocycles. The van der Waals surface area contributed by atoms with E-state index in [0.29, 0.717) is 12.2 Å². The molecule has 0 aliphatic heterocycles. The normalized spacial score (nSPS) is 12.1. The van der Waals surface area contributed by atoms with Crippen molar-refractivity contribution < 1.29 is 9.59 Å². The van der Waals surface area contributed by atoms with Gasteiger partial charge in [0.15, 0.2) is 0 Å². The fraction of sp³-hybridized carbons (Fsp3) is 0.467. The quantitative estimate of drug-likeness (QED) is 0.800. The Bertz CT molecular complexity index is 502. The first-order valence-corrected chi connectivity index (χ1v) is 6.85. The fourth-order valence-electron chi connectivity index (χ4n) is 1.71. The highest BCUT2D eigenvalue weighted by molar-refractivity contribution is 5.95. The predicted molar refractivity (Wildman–Crippen MR) is 83.7 cm³/mol. The highest BCUT2D eigenvalue weighted by Gasteiger charge is 2.20. The number of carbonyl (C=O) groups is 2. The smallest absolute Gasteiger partial charge is 0.241 e. The molecule has 1 atom stereocenters. The van der Waals surface area contributed by atoms with E-state index in [1.165, 1.54) is 4.90 Å². The highest BCUT2D eigenvalue weighted by Crippen LogP contribution is 2.11. The van der Waals surface area contributed by atoms with Crippen LogP contribution in [0.4, 0.5) is 5.69 Å². The molecule has 2 amide bonds. The molecule has 21 heavy (non-hydrogen) atoms. The van der Waals surface area contributed by atoms with E-state index in [0.717, 1.165) is 5.56 Å². The van der Waals surface area contributed by atoms with Crippen molar-refractivity contribution in [1.82, 2.24) is 9.80 Å². The van der Waals surface area contributed by atoms with Gasteiger partial charge in [-0.3, -0.25) is 14.5 Å². The van der Waals surface area contributed by atoms with Crippen LogP contribution in [0.3, 0.4) is 0 Å². The second-order valence-electron chi connectivity index (χ2n) is 5.27. The largest absolute Gasteiger partial charge is 0.348 e. The topological polar surface area (TPSA) is 78.7 Å². The van der Waals surface area contributed by atoms with Crippen LogP contribution < -0.4 is 11.1 Å². The molecule has 1 unspecified atom stereocenters. The van der Waals surface area contributed by atoms with Crippen LogP contribution in [-0.4, -0.2) is 55.3 Å². The molecule has 0 aliphatic rings. The molecule has 1 rings (SSSR count). The zero-order valence-electron chi connectivity index (χ0n) is 13.1. The first-order valence-electron chi connectivity index (χ1n) is 6.85. The molecule has 1 aromatic rings. The van der Waals surface area contributed by atoms with E-state index in [4.69, 9.17) is 5.73 Å². The molecule has 116 valence electrons. The van der Waals surface area contributed by atoms with Gasteiger partial charge < -0.3 is 16.0 Å². The lowest BCUT2D eigenvalue weighted by Crippen LogP contribution is -2.44. The maximum absolute atomic E-state index is 12.2. The van der Waals surface area contributed by atoms with Crippen LogP contribution in [0.2, 0.25) is 0 Å². The first-order chi connectivity index (χ1) is 9.85. The minimum atomic E-state index is -0.407. The SMILES string of the molecule is CC(C(=O)Nc1cccc(CN)c1)N(C)CC(=O)N(C)C. The van der Waals surface area contributed by atoms with E-state index in [1.807, 2.05) is 24.3 Å². The van der Waals surface area contributed by atoms with Crippen LogP contribution in [0.1, 0.15) is 12.5 Å². The van der Waals surface area contributed by atoms with E-state index < -0.39 is 6.04 Å². The molecule has 3 N–H and O–H groups in total. The number of hydrogen-bond donors (Lipinski definition) is 2. The summed E-state index contributed by atoms with van der Waals surface area (Å²) >= 11 is 0. The van der Waals surface area contributed by atoms with Gasteiger partial charge in [0, 0.05) is 26.3 Å². The third-order valence-corrected chi connectivity index (χ3v) is 3.35. The van der Waals surface area contributed by atoms with Gasteiger partial charge in [0.1, 0.15) is 0 Å². The molecule has 0 saturated heterocycles. The summed E-state index contributed by atoms with van der Waals surface area (Å²) in [4.78, 5) is 27.1. The van der Waals surface area contributed by atoms with Gasteiger partial charge in [-0.1, -0.05) is 12.1 Å². The Morgan fingerprint density at radius 1 is 1.29 bits per heavy atom. The lowest BCUT2D eigenvalue weighted by atomic mass is 10.2. The molecule has 0 spiro atoms. The lowest BCUT2D eigenvalue weighted by molar-refractivity contribution is -0.131. The van der Waals surface area contributed by atoms with Gasteiger partial charge in [-0.15, -0.1) is 0 Å². The summed E-state index contributed by atoms with van der Waals surface area (Å²) in [6.07, 6.45) is 0. The van der Waals surface area contributed by atoms with E-state index in [1.54, 1.807) is 33.0 Å². The van der Waals surface area contributed by atoms with Crippen molar-refractivity contribution in [1.29, 1.82) is 0 Å². The zero-order valence-corrected chi connectivity index (χ0v) is 13.1. The molecular weight excluding hydrogens is 268 g/mol. The number of likely N-dealkylation sites (N-methyl/N-ethyl adjacent to an activating group) is 2. The molecule has 6 heteroatoms. The van der Waals surface area contributed by atoms with Gasteiger partial charge in [-0.05, 0) is 31.7 Å². The van der Waals surface area contributed by atoms with Crippen LogP contribution in [0.25, 0.3) is 0 Å². The predicted octanol–water partition coefficient (Wildman–Crippen LogP) is 0.492. The number of anilines is 1. The molecule has 0 bridgehead atoms. The number of carbonyl (C=O) groups excluding carboxylic acids is 2. The fourth-order valence-corrected chi connectivity index (χ4v) is 1.71. The number of rotatable bonds is 6. The third-order valence-electron chi connectivity index (χ3n) is 3.35.